The average molecular weight is 240 g/mol. The molecular formula is C15H28O2. The van der Waals surface area contributed by atoms with Gasteiger partial charge in [-0.15, -0.1) is 0 Å². The summed E-state index contributed by atoms with van der Waals surface area (Å²) in [5.74, 6) is 0.518. The first-order valence-electron chi connectivity index (χ1n) is 6.89. The Labute approximate surface area is 106 Å². The van der Waals surface area contributed by atoms with E-state index in [0.29, 0.717) is 5.92 Å². The maximum Gasteiger partial charge on any atom is 0.0873 e. The predicted molar refractivity (Wildman–Crippen MR) is 69.8 cm³/mol. The Morgan fingerprint density at radius 1 is 1.24 bits per heavy atom. The van der Waals surface area contributed by atoms with Crippen molar-refractivity contribution < 1.29 is 9.84 Å². The summed E-state index contributed by atoms with van der Waals surface area (Å²) in [6.45, 7) is 14.1. The Morgan fingerprint density at radius 3 is 2.24 bits per heavy atom. The molecule has 4 atom stereocenters. The third kappa shape index (κ3) is 1.84. The Bertz CT molecular complexity index is 303. The Balaban J connectivity index is 2.12. The van der Waals surface area contributed by atoms with Gasteiger partial charge >= 0.3 is 0 Å². The van der Waals surface area contributed by atoms with Crippen LogP contribution in [-0.4, -0.2) is 23.9 Å². The molecule has 0 aliphatic heterocycles. The lowest BCUT2D eigenvalue weighted by molar-refractivity contribution is -0.101. The van der Waals surface area contributed by atoms with Crippen LogP contribution < -0.4 is 0 Å². The van der Waals surface area contributed by atoms with Gasteiger partial charge in [-0.3, -0.25) is 0 Å². The van der Waals surface area contributed by atoms with E-state index < -0.39 is 0 Å². The third-order valence-corrected chi connectivity index (χ3v) is 5.44. The zero-order chi connectivity index (χ0) is 13.1. The maximum absolute atomic E-state index is 10.5. The zero-order valence-electron chi connectivity index (χ0n) is 12.2. The van der Waals surface area contributed by atoms with E-state index in [9.17, 15) is 5.11 Å². The first kappa shape index (κ1) is 13.4. The third-order valence-electron chi connectivity index (χ3n) is 5.44. The van der Waals surface area contributed by atoms with E-state index >= 15 is 0 Å². The molecule has 2 saturated carbocycles. The van der Waals surface area contributed by atoms with Crippen LogP contribution in [0.15, 0.2) is 0 Å². The normalized spacial score (nSPS) is 44.3. The van der Waals surface area contributed by atoms with Gasteiger partial charge in [0.2, 0.25) is 0 Å². The molecule has 2 aliphatic rings. The van der Waals surface area contributed by atoms with Gasteiger partial charge in [-0.05, 0) is 29.6 Å². The van der Waals surface area contributed by atoms with Gasteiger partial charge in [-0.25, -0.2) is 0 Å². The molecule has 0 aromatic carbocycles. The highest BCUT2D eigenvalue weighted by Crippen LogP contribution is 2.66. The minimum atomic E-state index is -0.293. The van der Waals surface area contributed by atoms with Gasteiger partial charge in [-0.2, -0.15) is 0 Å². The number of ether oxygens (including phenoxy) is 1. The summed E-state index contributed by atoms with van der Waals surface area (Å²) in [7, 11) is 0. The topological polar surface area (TPSA) is 29.5 Å². The summed E-state index contributed by atoms with van der Waals surface area (Å²) in [5, 5.41) is 10.5. The van der Waals surface area contributed by atoms with Crippen LogP contribution in [0.3, 0.4) is 0 Å². The lowest BCUT2D eigenvalue weighted by Crippen LogP contribution is -2.41. The first-order valence-corrected chi connectivity index (χ1v) is 6.89. The minimum Gasteiger partial charge on any atom is -0.390 e. The van der Waals surface area contributed by atoms with E-state index in [0.717, 1.165) is 13.0 Å². The highest BCUT2D eigenvalue weighted by Gasteiger charge is 2.66. The fraction of sp³-hybridized carbons (Fsp3) is 1.00. The maximum atomic E-state index is 10.5. The van der Waals surface area contributed by atoms with E-state index in [-0.39, 0.29) is 28.5 Å². The number of hydrogen-bond donors (Lipinski definition) is 1. The molecule has 0 spiro atoms. The molecule has 0 amide bonds. The molecule has 0 heterocycles. The Hall–Kier alpha value is -0.0800. The highest BCUT2D eigenvalue weighted by molar-refractivity contribution is 5.15. The van der Waals surface area contributed by atoms with Gasteiger partial charge in [0.25, 0.3) is 0 Å². The van der Waals surface area contributed by atoms with E-state index in [1.807, 2.05) is 0 Å². The summed E-state index contributed by atoms with van der Waals surface area (Å²) >= 11 is 0. The zero-order valence-corrected chi connectivity index (χ0v) is 12.2. The monoisotopic (exact) mass is 240 g/mol. The second kappa shape index (κ2) is 3.71. The second-order valence-corrected chi connectivity index (χ2v) is 8.07. The predicted octanol–water partition coefficient (Wildman–Crippen LogP) is 3.23. The molecule has 2 bridgehead atoms. The lowest BCUT2D eigenvalue weighted by Gasteiger charge is -2.37. The van der Waals surface area contributed by atoms with Crippen molar-refractivity contribution in [3.63, 3.8) is 0 Å². The quantitative estimate of drug-likeness (QED) is 0.803. The van der Waals surface area contributed by atoms with Gasteiger partial charge in [0.15, 0.2) is 0 Å². The average Bonchev–Trinajstić information content (AvgIpc) is 2.46. The number of aliphatic hydroxyl groups is 1. The van der Waals surface area contributed by atoms with Gasteiger partial charge in [-0.1, -0.05) is 41.5 Å². The van der Waals surface area contributed by atoms with Gasteiger partial charge in [0, 0.05) is 5.41 Å². The summed E-state index contributed by atoms with van der Waals surface area (Å²) in [6.07, 6.45) is 2.10. The molecule has 2 fully saturated rings. The number of fused-ring (bicyclic) bond motifs is 2. The lowest BCUT2D eigenvalue weighted by atomic mass is 9.70. The van der Waals surface area contributed by atoms with Crippen molar-refractivity contribution in [2.75, 3.05) is 6.61 Å². The summed E-state index contributed by atoms with van der Waals surface area (Å²) in [6, 6.07) is 0. The van der Waals surface area contributed by atoms with Gasteiger partial charge < -0.3 is 9.84 Å². The van der Waals surface area contributed by atoms with Crippen LogP contribution in [0.1, 0.15) is 54.4 Å². The minimum absolute atomic E-state index is 0.0419. The molecular weight excluding hydrogens is 212 g/mol. The van der Waals surface area contributed by atoms with Crippen molar-refractivity contribution in [1.82, 2.24) is 0 Å². The molecule has 0 aromatic rings. The van der Waals surface area contributed by atoms with Crippen LogP contribution in [0.25, 0.3) is 0 Å². The molecule has 0 aromatic heterocycles. The second-order valence-electron chi connectivity index (χ2n) is 8.07. The summed E-state index contributed by atoms with van der Waals surface area (Å²) in [4.78, 5) is 0. The summed E-state index contributed by atoms with van der Waals surface area (Å²) < 4.78 is 6.06. The van der Waals surface area contributed by atoms with E-state index in [4.69, 9.17) is 4.74 Å². The van der Waals surface area contributed by atoms with Crippen molar-refractivity contribution in [2.45, 2.75) is 66.6 Å². The molecule has 17 heavy (non-hydrogen) atoms. The van der Waals surface area contributed by atoms with Crippen molar-refractivity contribution in [3.05, 3.63) is 0 Å². The van der Waals surface area contributed by atoms with Crippen LogP contribution in [0.5, 0.6) is 0 Å². The number of hydrogen-bond acceptors (Lipinski definition) is 2. The molecule has 0 unspecified atom stereocenters. The fourth-order valence-corrected chi connectivity index (χ4v) is 3.80. The largest absolute Gasteiger partial charge is 0.390 e. The molecule has 1 N–H and O–H groups in total. The fourth-order valence-electron chi connectivity index (χ4n) is 3.80. The van der Waals surface area contributed by atoms with Crippen molar-refractivity contribution >= 4 is 0 Å². The molecule has 0 saturated heterocycles. The van der Waals surface area contributed by atoms with Crippen molar-refractivity contribution in [2.24, 2.45) is 22.2 Å². The smallest absolute Gasteiger partial charge is 0.0873 e. The summed E-state index contributed by atoms with van der Waals surface area (Å²) in [5.41, 5.74) is 0.418. The van der Waals surface area contributed by atoms with Crippen LogP contribution >= 0.6 is 0 Å². The Morgan fingerprint density at radius 2 is 1.82 bits per heavy atom. The molecule has 2 aliphatic carbocycles. The number of rotatable bonds is 2. The van der Waals surface area contributed by atoms with Crippen molar-refractivity contribution in [3.8, 4) is 0 Å². The van der Waals surface area contributed by atoms with Gasteiger partial charge in [0.05, 0.1) is 18.8 Å². The molecule has 2 rings (SSSR count). The van der Waals surface area contributed by atoms with Crippen molar-refractivity contribution in [1.29, 1.82) is 0 Å². The Kier molecular flexibility index (Phi) is 2.91. The van der Waals surface area contributed by atoms with Crippen LogP contribution in [0, 0.1) is 22.2 Å². The van der Waals surface area contributed by atoms with Crippen LogP contribution in [0.4, 0.5) is 0 Å². The SMILES string of the molecule is CC(C)(C)CO[C@@H]1[C@H]2CC[C@@](C)([C@@H]1O)C2(C)C. The molecule has 100 valence electrons. The van der Waals surface area contributed by atoms with Crippen LogP contribution in [0.2, 0.25) is 0 Å². The molecule has 2 nitrogen and oxygen atoms in total. The highest BCUT2D eigenvalue weighted by atomic mass is 16.5. The van der Waals surface area contributed by atoms with E-state index in [1.54, 1.807) is 0 Å². The number of aliphatic hydroxyl groups excluding tert-OH is 1. The molecule has 2 heteroatoms. The standard InChI is InChI=1S/C15H28O2/c1-13(2,3)9-17-11-10-7-8-15(6,12(11)16)14(10,4)5/h10-12,16H,7-9H2,1-6H3/t10-,11-,12-,15+/m1/s1. The van der Waals surface area contributed by atoms with Gasteiger partial charge in [0.1, 0.15) is 0 Å². The van der Waals surface area contributed by atoms with E-state index in [1.165, 1.54) is 6.42 Å². The van der Waals surface area contributed by atoms with E-state index in [2.05, 4.69) is 41.5 Å². The molecule has 0 radical (unpaired) electrons. The van der Waals surface area contributed by atoms with Crippen LogP contribution in [-0.2, 0) is 4.74 Å². The first-order chi connectivity index (χ1) is 7.59.